The number of hydrogen-bond acceptors (Lipinski definition) is 2. The van der Waals surface area contributed by atoms with Crippen molar-refractivity contribution in [1.29, 1.82) is 0 Å². The van der Waals surface area contributed by atoms with Gasteiger partial charge in [0.15, 0.2) is 5.11 Å². The van der Waals surface area contributed by atoms with Crippen LogP contribution in [0, 0.1) is 0 Å². The molecule has 3 nitrogen and oxygen atoms in total. The molecule has 1 aromatic carbocycles. The summed E-state index contributed by atoms with van der Waals surface area (Å²) < 4.78 is 5.73. The first kappa shape index (κ1) is 15.3. The predicted molar refractivity (Wildman–Crippen MR) is 88.3 cm³/mol. The molecule has 0 spiro atoms. The van der Waals surface area contributed by atoms with Crippen LogP contribution < -0.4 is 5.32 Å². The molecule has 1 saturated heterocycles. The number of rotatable bonds is 2. The van der Waals surface area contributed by atoms with Crippen molar-refractivity contribution in [2.24, 2.45) is 0 Å². The SMILES string of the molecule is CC(C)c1ccc(NC(=S)N2C[C@H](C)O[C@@H](C)C2)cc1. The second kappa shape index (κ2) is 6.55. The molecule has 1 aliphatic rings. The first-order valence-corrected chi connectivity index (χ1v) is 7.68. The molecule has 0 aliphatic carbocycles. The smallest absolute Gasteiger partial charge is 0.173 e. The van der Waals surface area contributed by atoms with Crippen molar-refractivity contribution in [2.45, 2.75) is 45.8 Å². The molecule has 2 rings (SSSR count). The van der Waals surface area contributed by atoms with Crippen LogP contribution >= 0.6 is 12.2 Å². The van der Waals surface area contributed by atoms with E-state index in [1.165, 1.54) is 5.56 Å². The van der Waals surface area contributed by atoms with E-state index in [-0.39, 0.29) is 12.2 Å². The maximum atomic E-state index is 5.73. The Morgan fingerprint density at radius 1 is 1.20 bits per heavy atom. The average Bonchev–Trinajstić information content (AvgIpc) is 2.38. The summed E-state index contributed by atoms with van der Waals surface area (Å²) in [6, 6.07) is 8.49. The number of morpholine rings is 1. The quantitative estimate of drug-likeness (QED) is 0.842. The number of anilines is 1. The molecule has 0 saturated carbocycles. The van der Waals surface area contributed by atoms with E-state index in [9.17, 15) is 0 Å². The predicted octanol–water partition coefficient (Wildman–Crippen LogP) is 3.62. The van der Waals surface area contributed by atoms with E-state index in [0.29, 0.717) is 5.92 Å². The fourth-order valence-corrected chi connectivity index (χ4v) is 2.76. The van der Waals surface area contributed by atoms with Crippen LogP contribution in [0.1, 0.15) is 39.2 Å². The van der Waals surface area contributed by atoms with E-state index in [0.717, 1.165) is 23.9 Å². The monoisotopic (exact) mass is 292 g/mol. The fraction of sp³-hybridized carbons (Fsp3) is 0.562. The molecule has 4 heteroatoms. The van der Waals surface area contributed by atoms with Gasteiger partial charge < -0.3 is 15.0 Å². The zero-order valence-electron chi connectivity index (χ0n) is 12.7. The van der Waals surface area contributed by atoms with E-state index < -0.39 is 0 Å². The minimum Gasteiger partial charge on any atom is -0.372 e. The molecule has 110 valence electrons. The van der Waals surface area contributed by atoms with Crippen molar-refractivity contribution in [3.63, 3.8) is 0 Å². The van der Waals surface area contributed by atoms with Crippen LogP contribution in [0.4, 0.5) is 5.69 Å². The molecule has 1 heterocycles. The van der Waals surface area contributed by atoms with Crippen LogP contribution in [0.5, 0.6) is 0 Å². The summed E-state index contributed by atoms with van der Waals surface area (Å²) in [4.78, 5) is 2.19. The molecule has 0 bridgehead atoms. The minimum absolute atomic E-state index is 0.224. The molecule has 0 aromatic heterocycles. The highest BCUT2D eigenvalue weighted by atomic mass is 32.1. The van der Waals surface area contributed by atoms with Gasteiger partial charge in [0.2, 0.25) is 0 Å². The zero-order valence-corrected chi connectivity index (χ0v) is 13.5. The van der Waals surface area contributed by atoms with E-state index in [4.69, 9.17) is 17.0 Å². The number of hydrogen-bond donors (Lipinski definition) is 1. The Balaban J connectivity index is 1.97. The first-order chi connectivity index (χ1) is 9.45. The second-order valence-corrected chi connectivity index (χ2v) is 6.26. The summed E-state index contributed by atoms with van der Waals surface area (Å²) in [7, 11) is 0. The Morgan fingerprint density at radius 3 is 2.25 bits per heavy atom. The van der Waals surface area contributed by atoms with Crippen molar-refractivity contribution in [3.8, 4) is 0 Å². The number of nitrogens with one attached hydrogen (secondary N) is 1. The molecule has 0 unspecified atom stereocenters. The van der Waals surface area contributed by atoms with E-state index >= 15 is 0 Å². The lowest BCUT2D eigenvalue weighted by Crippen LogP contribution is -2.49. The van der Waals surface area contributed by atoms with Crippen molar-refractivity contribution >= 4 is 23.0 Å². The molecule has 20 heavy (non-hydrogen) atoms. The van der Waals surface area contributed by atoms with Gasteiger partial charge in [-0.1, -0.05) is 26.0 Å². The second-order valence-electron chi connectivity index (χ2n) is 5.87. The Labute approximate surface area is 127 Å². The molecule has 1 fully saturated rings. The van der Waals surface area contributed by atoms with Gasteiger partial charge in [0, 0.05) is 18.8 Å². The average molecular weight is 292 g/mol. The highest BCUT2D eigenvalue weighted by Crippen LogP contribution is 2.18. The van der Waals surface area contributed by atoms with E-state index in [1.807, 2.05) is 0 Å². The van der Waals surface area contributed by atoms with Gasteiger partial charge in [-0.3, -0.25) is 0 Å². The highest BCUT2D eigenvalue weighted by Gasteiger charge is 2.23. The summed E-state index contributed by atoms with van der Waals surface area (Å²) in [6.45, 7) is 10.3. The third-order valence-corrected chi connectivity index (χ3v) is 3.90. The van der Waals surface area contributed by atoms with Gasteiger partial charge in [0.1, 0.15) is 0 Å². The van der Waals surface area contributed by atoms with Crippen molar-refractivity contribution in [2.75, 3.05) is 18.4 Å². The Morgan fingerprint density at radius 2 is 1.75 bits per heavy atom. The van der Waals surface area contributed by atoms with Crippen molar-refractivity contribution in [3.05, 3.63) is 29.8 Å². The van der Waals surface area contributed by atoms with Crippen LogP contribution in [-0.4, -0.2) is 35.3 Å². The number of nitrogens with zero attached hydrogens (tertiary/aromatic N) is 1. The van der Waals surface area contributed by atoms with Crippen LogP contribution in [0.3, 0.4) is 0 Å². The molecule has 2 atom stereocenters. The number of benzene rings is 1. The third kappa shape index (κ3) is 3.93. The van der Waals surface area contributed by atoms with Gasteiger partial charge >= 0.3 is 0 Å². The summed E-state index contributed by atoms with van der Waals surface area (Å²) >= 11 is 5.51. The van der Waals surface area contributed by atoms with Crippen LogP contribution in [0.2, 0.25) is 0 Å². The minimum atomic E-state index is 0.224. The first-order valence-electron chi connectivity index (χ1n) is 7.27. The maximum Gasteiger partial charge on any atom is 0.173 e. The van der Waals surface area contributed by atoms with E-state index in [1.54, 1.807) is 0 Å². The lowest BCUT2D eigenvalue weighted by molar-refractivity contribution is -0.0473. The lowest BCUT2D eigenvalue weighted by Gasteiger charge is -2.36. The molecular formula is C16H24N2OS. The lowest BCUT2D eigenvalue weighted by atomic mass is 10.0. The molecule has 1 aromatic rings. The van der Waals surface area contributed by atoms with Crippen LogP contribution in [0.15, 0.2) is 24.3 Å². The summed E-state index contributed by atoms with van der Waals surface area (Å²) in [5, 5.41) is 4.10. The Hall–Kier alpha value is -1.13. The van der Waals surface area contributed by atoms with Gasteiger partial charge in [0.25, 0.3) is 0 Å². The standard InChI is InChI=1S/C16H24N2OS/c1-11(2)14-5-7-15(8-6-14)17-16(20)18-9-12(3)19-13(4)10-18/h5-8,11-13H,9-10H2,1-4H3,(H,17,20)/t12-,13-/m0/s1. The number of ether oxygens (including phenoxy) is 1. The van der Waals surface area contributed by atoms with Gasteiger partial charge in [0.05, 0.1) is 12.2 Å². The zero-order chi connectivity index (χ0) is 14.7. The van der Waals surface area contributed by atoms with Crippen molar-refractivity contribution < 1.29 is 4.74 Å². The normalized spacial score (nSPS) is 22.9. The number of thiocarbonyl (C=S) groups is 1. The van der Waals surface area contributed by atoms with Gasteiger partial charge in [-0.15, -0.1) is 0 Å². The largest absolute Gasteiger partial charge is 0.372 e. The van der Waals surface area contributed by atoms with Crippen molar-refractivity contribution in [1.82, 2.24) is 4.90 Å². The summed E-state index contributed by atoms with van der Waals surface area (Å²) in [5.74, 6) is 0.553. The molecule has 1 aliphatic heterocycles. The Bertz CT molecular complexity index is 448. The topological polar surface area (TPSA) is 24.5 Å². The molecular weight excluding hydrogens is 268 g/mol. The van der Waals surface area contributed by atoms with E-state index in [2.05, 4.69) is 62.2 Å². The maximum absolute atomic E-state index is 5.73. The third-order valence-electron chi connectivity index (χ3n) is 3.54. The van der Waals surface area contributed by atoms with Crippen LogP contribution in [-0.2, 0) is 4.74 Å². The summed E-state index contributed by atoms with van der Waals surface area (Å²) in [5.41, 5.74) is 2.39. The summed E-state index contributed by atoms with van der Waals surface area (Å²) in [6.07, 6.45) is 0.448. The van der Waals surface area contributed by atoms with Gasteiger partial charge in [-0.2, -0.15) is 0 Å². The highest BCUT2D eigenvalue weighted by molar-refractivity contribution is 7.80. The molecule has 0 radical (unpaired) electrons. The van der Waals surface area contributed by atoms with Gasteiger partial charge in [-0.25, -0.2) is 0 Å². The molecule has 0 amide bonds. The fourth-order valence-electron chi connectivity index (χ4n) is 2.50. The van der Waals surface area contributed by atoms with Gasteiger partial charge in [-0.05, 0) is 49.7 Å². The van der Waals surface area contributed by atoms with Crippen LogP contribution in [0.25, 0.3) is 0 Å². The molecule has 1 N–H and O–H groups in total. The Kier molecular flexibility index (Phi) is 5.00.